The molecule has 0 radical (unpaired) electrons. The number of ether oxygens (including phenoxy) is 1. The number of rotatable bonds is 4. The van der Waals surface area contributed by atoms with Crippen LogP contribution in [0.1, 0.15) is 19.3 Å². The Labute approximate surface area is 104 Å². The maximum absolute atomic E-state index is 5.62. The summed E-state index contributed by atoms with van der Waals surface area (Å²) in [6, 6.07) is 0.667. The van der Waals surface area contributed by atoms with Crippen molar-refractivity contribution in [2.24, 2.45) is 0 Å². The SMILES string of the molecule is CN1CCCC1CCOc1ncncc1Br. The minimum atomic E-state index is 0.635. The van der Waals surface area contributed by atoms with Gasteiger partial charge in [-0.1, -0.05) is 0 Å². The molecular weight excluding hydrogens is 270 g/mol. The zero-order valence-electron chi connectivity index (χ0n) is 9.40. The van der Waals surface area contributed by atoms with Crippen LogP contribution in [-0.4, -0.2) is 41.1 Å². The van der Waals surface area contributed by atoms with Crippen molar-refractivity contribution in [2.45, 2.75) is 25.3 Å². The molecule has 0 aliphatic carbocycles. The van der Waals surface area contributed by atoms with Crippen LogP contribution in [0.4, 0.5) is 0 Å². The van der Waals surface area contributed by atoms with E-state index in [1.807, 2.05) is 0 Å². The number of halogens is 1. The number of likely N-dealkylation sites (tertiary alicyclic amines) is 1. The molecule has 0 bridgehead atoms. The molecule has 2 rings (SSSR count). The van der Waals surface area contributed by atoms with Gasteiger partial charge in [-0.2, -0.15) is 0 Å². The predicted octanol–water partition coefficient (Wildman–Crippen LogP) is 2.10. The van der Waals surface area contributed by atoms with Crippen LogP contribution in [0, 0.1) is 0 Å². The highest BCUT2D eigenvalue weighted by Gasteiger charge is 2.20. The molecule has 1 aromatic heterocycles. The Morgan fingerprint density at radius 1 is 1.62 bits per heavy atom. The van der Waals surface area contributed by atoms with Crippen molar-refractivity contribution in [1.82, 2.24) is 14.9 Å². The van der Waals surface area contributed by atoms with Gasteiger partial charge in [-0.15, -0.1) is 0 Å². The third-order valence-electron chi connectivity index (χ3n) is 3.00. The molecule has 0 spiro atoms. The van der Waals surface area contributed by atoms with Gasteiger partial charge in [0.05, 0.1) is 11.1 Å². The average Bonchev–Trinajstić information content (AvgIpc) is 2.67. The van der Waals surface area contributed by atoms with Crippen LogP contribution in [0.5, 0.6) is 5.88 Å². The second-order valence-electron chi connectivity index (χ2n) is 4.09. The predicted molar refractivity (Wildman–Crippen MR) is 65.5 cm³/mol. The molecule has 1 unspecified atom stereocenters. The molecule has 1 aliphatic heterocycles. The summed E-state index contributed by atoms with van der Waals surface area (Å²) in [5.74, 6) is 0.635. The van der Waals surface area contributed by atoms with Crippen molar-refractivity contribution in [3.8, 4) is 5.88 Å². The second-order valence-corrected chi connectivity index (χ2v) is 4.94. The zero-order valence-corrected chi connectivity index (χ0v) is 11.0. The van der Waals surface area contributed by atoms with E-state index in [1.54, 1.807) is 6.20 Å². The summed E-state index contributed by atoms with van der Waals surface area (Å²) >= 11 is 3.36. The summed E-state index contributed by atoms with van der Waals surface area (Å²) in [6.07, 6.45) is 6.85. The topological polar surface area (TPSA) is 38.2 Å². The van der Waals surface area contributed by atoms with Crippen molar-refractivity contribution in [3.63, 3.8) is 0 Å². The summed E-state index contributed by atoms with van der Waals surface area (Å²) in [5, 5.41) is 0. The van der Waals surface area contributed by atoms with Crippen molar-refractivity contribution >= 4 is 15.9 Å². The first-order valence-corrected chi connectivity index (χ1v) is 6.35. The van der Waals surface area contributed by atoms with Crippen LogP contribution >= 0.6 is 15.9 Å². The fraction of sp³-hybridized carbons (Fsp3) is 0.636. The molecule has 0 amide bonds. The summed E-state index contributed by atoms with van der Waals surface area (Å²) in [5.41, 5.74) is 0. The highest BCUT2D eigenvalue weighted by atomic mass is 79.9. The van der Waals surface area contributed by atoms with Gasteiger partial charge in [0, 0.05) is 12.2 Å². The normalized spacial score (nSPS) is 21.2. The minimum Gasteiger partial charge on any atom is -0.477 e. The van der Waals surface area contributed by atoms with Gasteiger partial charge >= 0.3 is 0 Å². The van der Waals surface area contributed by atoms with Gasteiger partial charge in [-0.3, -0.25) is 0 Å². The quantitative estimate of drug-likeness (QED) is 0.849. The second kappa shape index (κ2) is 5.59. The molecule has 0 N–H and O–H groups in total. The summed E-state index contributed by atoms with van der Waals surface area (Å²) in [6.45, 7) is 1.92. The average molecular weight is 286 g/mol. The highest BCUT2D eigenvalue weighted by molar-refractivity contribution is 9.10. The van der Waals surface area contributed by atoms with Crippen LogP contribution in [0.15, 0.2) is 17.0 Å². The van der Waals surface area contributed by atoms with Crippen LogP contribution in [-0.2, 0) is 0 Å². The van der Waals surface area contributed by atoms with Crippen molar-refractivity contribution in [2.75, 3.05) is 20.2 Å². The Kier molecular flexibility index (Phi) is 4.12. The van der Waals surface area contributed by atoms with Crippen LogP contribution in [0.3, 0.4) is 0 Å². The molecule has 4 nitrogen and oxygen atoms in total. The van der Waals surface area contributed by atoms with E-state index in [0.29, 0.717) is 18.5 Å². The zero-order chi connectivity index (χ0) is 11.4. The molecule has 1 atom stereocenters. The van der Waals surface area contributed by atoms with E-state index in [0.717, 1.165) is 10.9 Å². The van der Waals surface area contributed by atoms with Crippen LogP contribution in [0.2, 0.25) is 0 Å². The Morgan fingerprint density at radius 2 is 2.50 bits per heavy atom. The van der Waals surface area contributed by atoms with Crippen LogP contribution < -0.4 is 4.74 Å². The third kappa shape index (κ3) is 2.92. The first-order chi connectivity index (χ1) is 7.77. The van der Waals surface area contributed by atoms with Gasteiger partial charge in [0.25, 0.3) is 0 Å². The lowest BCUT2D eigenvalue weighted by molar-refractivity contribution is 0.227. The molecule has 5 heteroatoms. The highest BCUT2D eigenvalue weighted by Crippen LogP contribution is 2.21. The van der Waals surface area contributed by atoms with Crippen molar-refractivity contribution < 1.29 is 4.74 Å². The monoisotopic (exact) mass is 285 g/mol. The van der Waals surface area contributed by atoms with Gasteiger partial charge in [0.2, 0.25) is 5.88 Å². The third-order valence-corrected chi connectivity index (χ3v) is 3.54. The molecule has 1 aromatic rings. The summed E-state index contributed by atoms with van der Waals surface area (Å²) in [7, 11) is 2.18. The van der Waals surface area contributed by atoms with Gasteiger partial charge in [0.1, 0.15) is 6.33 Å². The Hall–Kier alpha value is -0.680. The molecule has 1 saturated heterocycles. The molecule has 0 saturated carbocycles. The molecule has 2 heterocycles. The number of nitrogens with zero attached hydrogens (tertiary/aromatic N) is 3. The van der Waals surface area contributed by atoms with Crippen molar-refractivity contribution in [3.05, 3.63) is 17.0 Å². The van der Waals surface area contributed by atoms with Gasteiger partial charge in [-0.25, -0.2) is 9.97 Å². The maximum Gasteiger partial charge on any atom is 0.231 e. The number of aromatic nitrogens is 2. The number of hydrogen-bond acceptors (Lipinski definition) is 4. The van der Waals surface area contributed by atoms with E-state index in [9.17, 15) is 0 Å². The molecule has 1 fully saturated rings. The van der Waals surface area contributed by atoms with E-state index < -0.39 is 0 Å². The molecule has 1 aliphatic rings. The fourth-order valence-electron chi connectivity index (χ4n) is 2.04. The first-order valence-electron chi connectivity index (χ1n) is 5.56. The van der Waals surface area contributed by atoms with E-state index >= 15 is 0 Å². The standard InChI is InChI=1S/C11H16BrN3O/c1-15-5-2-3-9(15)4-6-16-11-10(12)7-13-8-14-11/h7-9H,2-6H2,1H3. The smallest absolute Gasteiger partial charge is 0.231 e. The Balaban J connectivity index is 1.78. The van der Waals surface area contributed by atoms with E-state index in [1.165, 1.54) is 25.7 Å². The fourth-order valence-corrected chi connectivity index (χ4v) is 2.38. The Bertz CT molecular complexity index is 348. The maximum atomic E-state index is 5.62. The summed E-state index contributed by atoms with van der Waals surface area (Å²) < 4.78 is 6.44. The summed E-state index contributed by atoms with van der Waals surface area (Å²) in [4.78, 5) is 10.4. The van der Waals surface area contributed by atoms with E-state index in [2.05, 4.69) is 37.8 Å². The van der Waals surface area contributed by atoms with Gasteiger partial charge < -0.3 is 9.64 Å². The molecule has 88 valence electrons. The van der Waals surface area contributed by atoms with E-state index in [4.69, 9.17) is 4.74 Å². The Morgan fingerprint density at radius 3 is 3.19 bits per heavy atom. The largest absolute Gasteiger partial charge is 0.477 e. The lowest BCUT2D eigenvalue weighted by Crippen LogP contribution is -2.26. The number of hydrogen-bond donors (Lipinski definition) is 0. The lowest BCUT2D eigenvalue weighted by Gasteiger charge is -2.19. The molecule has 16 heavy (non-hydrogen) atoms. The van der Waals surface area contributed by atoms with Gasteiger partial charge in [-0.05, 0) is 48.8 Å². The first kappa shape index (κ1) is 11.8. The van der Waals surface area contributed by atoms with Crippen LogP contribution in [0.25, 0.3) is 0 Å². The molecular formula is C11H16BrN3O. The van der Waals surface area contributed by atoms with Crippen molar-refractivity contribution in [1.29, 1.82) is 0 Å². The molecule has 0 aromatic carbocycles. The van der Waals surface area contributed by atoms with E-state index in [-0.39, 0.29) is 0 Å². The lowest BCUT2D eigenvalue weighted by atomic mass is 10.1. The van der Waals surface area contributed by atoms with Gasteiger partial charge in [0.15, 0.2) is 0 Å². The minimum absolute atomic E-state index is 0.635.